The lowest BCUT2D eigenvalue weighted by Crippen LogP contribution is -2.18. The van der Waals surface area contributed by atoms with Crippen molar-refractivity contribution in [3.8, 4) is 0 Å². The number of nitrogens with two attached hydrogens (primary N) is 1. The predicted octanol–water partition coefficient (Wildman–Crippen LogP) is 2.80. The van der Waals surface area contributed by atoms with Gasteiger partial charge in [-0.05, 0) is 25.0 Å². The van der Waals surface area contributed by atoms with E-state index in [-0.39, 0.29) is 0 Å². The van der Waals surface area contributed by atoms with E-state index in [1.54, 1.807) is 0 Å². The molecule has 1 aromatic rings. The van der Waals surface area contributed by atoms with Gasteiger partial charge in [0.15, 0.2) is 11.0 Å². The third-order valence-electron chi connectivity index (χ3n) is 2.96. The number of nitrogens with zero attached hydrogens (tertiary/aromatic N) is 2. The summed E-state index contributed by atoms with van der Waals surface area (Å²) < 4.78 is 0. The lowest BCUT2D eigenvalue weighted by Gasteiger charge is -2.15. The monoisotopic (exact) mass is 272 g/mol. The Balaban J connectivity index is 1.96. The van der Waals surface area contributed by atoms with Crippen molar-refractivity contribution in [3.63, 3.8) is 0 Å². The van der Waals surface area contributed by atoms with Gasteiger partial charge < -0.3 is 11.1 Å². The van der Waals surface area contributed by atoms with Crippen molar-refractivity contribution in [1.82, 2.24) is 9.97 Å². The van der Waals surface area contributed by atoms with E-state index in [4.69, 9.17) is 17.3 Å². The zero-order valence-corrected chi connectivity index (χ0v) is 11.4. The number of nitrogens with one attached hydrogen (secondary N) is 1. The molecule has 0 radical (unpaired) electrons. The third-order valence-corrected chi connectivity index (χ3v) is 4.50. The average Bonchev–Trinajstić information content (AvgIpc) is 2.73. The largest absolute Gasteiger partial charge is 0.393 e. The number of rotatable bonds is 4. The first-order chi connectivity index (χ1) is 8.20. The van der Waals surface area contributed by atoms with Crippen molar-refractivity contribution in [2.75, 3.05) is 16.8 Å². The van der Waals surface area contributed by atoms with Crippen LogP contribution < -0.4 is 11.1 Å². The van der Waals surface area contributed by atoms with Crippen LogP contribution in [-0.2, 0) is 0 Å². The molecule has 0 aromatic carbocycles. The third kappa shape index (κ3) is 3.16. The first-order valence-corrected chi connectivity index (χ1v) is 7.27. The van der Waals surface area contributed by atoms with Crippen LogP contribution in [0.4, 0.5) is 11.5 Å². The lowest BCUT2D eigenvalue weighted by molar-refractivity contribution is 0.752. The standard InChI is InChI=1S/C11H17ClN4S/c1-2-17-8-4-3-7(5-8)16-11-9(13)10(12)14-6-15-11/h6-8H,2-5,13H2,1H3,(H,14,15,16). The maximum atomic E-state index is 5.86. The van der Waals surface area contributed by atoms with Gasteiger partial charge in [0.05, 0.1) is 0 Å². The van der Waals surface area contributed by atoms with Crippen LogP contribution in [-0.4, -0.2) is 27.0 Å². The topological polar surface area (TPSA) is 63.8 Å². The second kappa shape index (κ2) is 5.78. The smallest absolute Gasteiger partial charge is 0.157 e. The second-order valence-electron chi connectivity index (χ2n) is 4.16. The van der Waals surface area contributed by atoms with Gasteiger partial charge >= 0.3 is 0 Å². The fourth-order valence-corrected chi connectivity index (χ4v) is 3.42. The molecule has 0 saturated heterocycles. The number of hydrogen-bond acceptors (Lipinski definition) is 5. The van der Waals surface area contributed by atoms with Crippen molar-refractivity contribution >= 4 is 34.9 Å². The molecule has 17 heavy (non-hydrogen) atoms. The molecule has 2 rings (SSSR count). The van der Waals surface area contributed by atoms with Crippen molar-refractivity contribution in [3.05, 3.63) is 11.5 Å². The first kappa shape index (κ1) is 12.8. The molecule has 6 heteroatoms. The Kier molecular flexibility index (Phi) is 4.34. The van der Waals surface area contributed by atoms with Crippen LogP contribution >= 0.6 is 23.4 Å². The normalized spacial score (nSPS) is 23.9. The van der Waals surface area contributed by atoms with Crippen LogP contribution in [0, 0.1) is 0 Å². The summed E-state index contributed by atoms with van der Waals surface area (Å²) in [7, 11) is 0. The minimum absolute atomic E-state index is 0.319. The van der Waals surface area contributed by atoms with Crippen molar-refractivity contribution in [1.29, 1.82) is 0 Å². The van der Waals surface area contributed by atoms with Gasteiger partial charge in [0.1, 0.15) is 12.0 Å². The molecule has 1 aliphatic rings. The molecule has 0 spiro atoms. The summed E-state index contributed by atoms with van der Waals surface area (Å²) in [5.74, 6) is 1.84. The van der Waals surface area contributed by atoms with E-state index in [1.807, 2.05) is 11.8 Å². The Morgan fingerprint density at radius 3 is 3.12 bits per heavy atom. The zero-order chi connectivity index (χ0) is 12.3. The summed E-state index contributed by atoms with van der Waals surface area (Å²) in [6.07, 6.45) is 5.03. The number of hydrogen-bond donors (Lipinski definition) is 2. The molecule has 1 aromatic heterocycles. The summed E-state index contributed by atoms with van der Waals surface area (Å²) in [4.78, 5) is 7.98. The van der Waals surface area contributed by atoms with E-state index < -0.39 is 0 Å². The highest BCUT2D eigenvalue weighted by Crippen LogP contribution is 2.32. The minimum atomic E-state index is 0.319. The number of halogens is 1. The molecule has 1 saturated carbocycles. The fraction of sp³-hybridized carbons (Fsp3) is 0.636. The van der Waals surface area contributed by atoms with Gasteiger partial charge in [0, 0.05) is 11.3 Å². The molecule has 2 atom stereocenters. The Bertz CT molecular complexity index is 388. The zero-order valence-electron chi connectivity index (χ0n) is 9.82. The molecule has 0 bridgehead atoms. The van der Waals surface area contributed by atoms with Crippen LogP contribution in [0.1, 0.15) is 26.2 Å². The van der Waals surface area contributed by atoms with Gasteiger partial charge in [-0.1, -0.05) is 18.5 Å². The number of thioether (sulfide) groups is 1. The molecule has 1 fully saturated rings. The molecule has 4 nitrogen and oxygen atoms in total. The molecular weight excluding hydrogens is 256 g/mol. The highest BCUT2D eigenvalue weighted by Gasteiger charge is 2.25. The maximum absolute atomic E-state index is 5.86. The van der Waals surface area contributed by atoms with Crippen molar-refractivity contribution in [2.24, 2.45) is 0 Å². The van der Waals surface area contributed by atoms with Crippen LogP contribution in [0.3, 0.4) is 0 Å². The number of aromatic nitrogens is 2. The average molecular weight is 273 g/mol. The Morgan fingerprint density at radius 2 is 2.35 bits per heavy atom. The highest BCUT2D eigenvalue weighted by atomic mass is 35.5. The highest BCUT2D eigenvalue weighted by molar-refractivity contribution is 7.99. The molecule has 0 aliphatic heterocycles. The van der Waals surface area contributed by atoms with Crippen LogP contribution in [0.5, 0.6) is 0 Å². The van der Waals surface area contributed by atoms with Crippen LogP contribution in [0.2, 0.25) is 5.15 Å². The van der Waals surface area contributed by atoms with Gasteiger partial charge in [-0.2, -0.15) is 11.8 Å². The quantitative estimate of drug-likeness (QED) is 0.825. The summed E-state index contributed by atoms with van der Waals surface area (Å²) in [6, 6.07) is 0.451. The van der Waals surface area contributed by atoms with Crippen molar-refractivity contribution < 1.29 is 0 Å². The Labute approximate surface area is 111 Å². The summed E-state index contributed by atoms with van der Waals surface area (Å²) >= 11 is 7.89. The molecule has 0 amide bonds. The maximum Gasteiger partial charge on any atom is 0.157 e. The van der Waals surface area contributed by atoms with E-state index in [2.05, 4.69) is 22.2 Å². The lowest BCUT2D eigenvalue weighted by atomic mass is 10.2. The summed E-state index contributed by atoms with van der Waals surface area (Å²) in [5.41, 5.74) is 6.27. The number of nitrogen functional groups attached to an aromatic ring is 1. The van der Waals surface area contributed by atoms with E-state index >= 15 is 0 Å². The second-order valence-corrected chi connectivity index (χ2v) is 6.09. The van der Waals surface area contributed by atoms with Gasteiger partial charge in [0.25, 0.3) is 0 Å². The van der Waals surface area contributed by atoms with E-state index in [0.717, 1.165) is 5.25 Å². The minimum Gasteiger partial charge on any atom is -0.393 e. The molecule has 1 aliphatic carbocycles. The van der Waals surface area contributed by atoms with E-state index in [1.165, 1.54) is 31.3 Å². The molecule has 94 valence electrons. The first-order valence-electron chi connectivity index (χ1n) is 5.84. The van der Waals surface area contributed by atoms with Gasteiger partial charge in [-0.25, -0.2) is 9.97 Å². The van der Waals surface area contributed by atoms with Crippen molar-refractivity contribution in [2.45, 2.75) is 37.5 Å². The molecule has 3 N–H and O–H groups in total. The van der Waals surface area contributed by atoms with Crippen LogP contribution in [0.25, 0.3) is 0 Å². The predicted molar refractivity (Wildman–Crippen MR) is 74.6 cm³/mol. The Hall–Kier alpha value is -0.680. The van der Waals surface area contributed by atoms with E-state index in [9.17, 15) is 0 Å². The summed E-state index contributed by atoms with van der Waals surface area (Å²) in [6.45, 7) is 2.20. The number of anilines is 2. The summed E-state index contributed by atoms with van der Waals surface area (Å²) in [5, 5.41) is 4.44. The van der Waals surface area contributed by atoms with E-state index in [0.29, 0.717) is 22.7 Å². The SMILES string of the molecule is CCSC1CCC(Nc2ncnc(Cl)c2N)C1. The fourth-order valence-electron chi connectivity index (χ4n) is 2.14. The molecule has 1 heterocycles. The van der Waals surface area contributed by atoms with Gasteiger partial charge in [-0.3, -0.25) is 0 Å². The Morgan fingerprint density at radius 1 is 1.53 bits per heavy atom. The van der Waals surface area contributed by atoms with Gasteiger partial charge in [-0.15, -0.1) is 0 Å². The van der Waals surface area contributed by atoms with Crippen LogP contribution in [0.15, 0.2) is 6.33 Å². The molecule has 2 unspecified atom stereocenters. The molecular formula is C11H17ClN4S. The van der Waals surface area contributed by atoms with Gasteiger partial charge in [0.2, 0.25) is 0 Å².